The van der Waals surface area contributed by atoms with Gasteiger partial charge in [-0.05, 0) is 51.3 Å². The van der Waals surface area contributed by atoms with Gasteiger partial charge in [0.1, 0.15) is 11.9 Å². The van der Waals surface area contributed by atoms with Crippen molar-refractivity contribution < 1.29 is 4.74 Å². The highest BCUT2D eigenvalue weighted by Crippen LogP contribution is 2.31. The lowest BCUT2D eigenvalue weighted by Gasteiger charge is -2.32. The zero-order valence-electron chi connectivity index (χ0n) is 11.8. The molecule has 0 bridgehead atoms. The zero-order valence-corrected chi connectivity index (χ0v) is 11.8. The summed E-state index contributed by atoms with van der Waals surface area (Å²) in [5.41, 5.74) is 2.51. The Bertz CT molecular complexity index is 366. The number of nitrogens with one attached hydrogen (secondary N) is 1. The first-order chi connectivity index (χ1) is 8.72. The third-order valence-corrected chi connectivity index (χ3v) is 3.98. The fourth-order valence-corrected chi connectivity index (χ4v) is 2.96. The molecule has 1 aliphatic rings. The predicted octanol–water partition coefficient (Wildman–Crippen LogP) is 3.46. The fraction of sp³-hybridized carbons (Fsp3) is 0.625. The lowest BCUT2D eigenvalue weighted by atomic mass is 9.86. The molecule has 0 radical (unpaired) electrons. The van der Waals surface area contributed by atoms with Crippen molar-refractivity contribution in [2.24, 2.45) is 5.92 Å². The second-order valence-electron chi connectivity index (χ2n) is 5.48. The largest absolute Gasteiger partial charge is 0.490 e. The van der Waals surface area contributed by atoms with Crippen molar-refractivity contribution in [1.29, 1.82) is 0 Å². The van der Waals surface area contributed by atoms with Crippen LogP contribution in [0.5, 0.6) is 5.75 Å². The van der Waals surface area contributed by atoms with Crippen LogP contribution in [-0.2, 0) is 0 Å². The molecule has 1 aliphatic carbocycles. The molecule has 1 aromatic rings. The molecule has 1 fully saturated rings. The van der Waals surface area contributed by atoms with Gasteiger partial charge in [0.15, 0.2) is 0 Å². The number of hydrogen-bond donors (Lipinski definition) is 1. The lowest BCUT2D eigenvalue weighted by Crippen LogP contribution is -2.36. The van der Waals surface area contributed by atoms with Gasteiger partial charge in [-0.3, -0.25) is 0 Å². The Labute approximate surface area is 111 Å². The summed E-state index contributed by atoms with van der Waals surface area (Å²) in [7, 11) is 2.03. The van der Waals surface area contributed by atoms with Crippen LogP contribution in [0.1, 0.15) is 36.8 Å². The number of benzene rings is 1. The van der Waals surface area contributed by atoms with Gasteiger partial charge in [-0.1, -0.05) is 24.6 Å². The van der Waals surface area contributed by atoms with E-state index in [0.29, 0.717) is 12.0 Å². The Morgan fingerprint density at radius 1 is 1.17 bits per heavy atom. The Kier molecular flexibility index (Phi) is 4.65. The second kappa shape index (κ2) is 6.24. The van der Waals surface area contributed by atoms with E-state index in [2.05, 4.69) is 37.4 Å². The van der Waals surface area contributed by atoms with Gasteiger partial charge in [-0.2, -0.15) is 0 Å². The predicted molar refractivity (Wildman–Crippen MR) is 76.2 cm³/mol. The number of rotatable bonds is 4. The minimum Gasteiger partial charge on any atom is -0.490 e. The zero-order chi connectivity index (χ0) is 13.0. The average molecular weight is 247 g/mol. The Morgan fingerprint density at radius 2 is 1.83 bits per heavy atom. The molecule has 2 rings (SSSR count). The van der Waals surface area contributed by atoms with Crippen LogP contribution < -0.4 is 10.1 Å². The molecule has 2 atom stereocenters. The van der Waals surface area contributed by atoms with Gasteiger partial charge >= 0.3 is 0 Å². The van der Waals surface area contributed by atoms with Crippen molar-refractivity contribution in [3.8, 4) is 5.75 Å². The van der Waals surface area contributed by atoms with Crippen LogP contribution in [0.15, 0.2) is 18.2 Å². The molecule has 0 aliphatic heterocycles. The van der Waals surface area contributed by atoms with Gasteiger partial charge in [0.05, 0.1) is 0 Å². The maximum atomic E-state index is 6.34. The van der Waals surface area contributed by atoms with Crippen molar-refractivity contribution in [2.45, 2.75) is 45.6 Å². The van der Waals surface area contributed by atoms with Crippen LogP contribution in [0.25, 0.3) is 0 Å². The van der Waals surface area contributed by atoms with Crippen LogP contribution >= 0.6 is 0 Å². The number of ether oxygens (including phenoxy) is 1. The van der Waals surface area contributed by atoms with E-state index in [4.69, 9.17) is 4.74 Å². The highest BCUT2D eigenvalue weighted by molar-refractivity contribution is 5.39. The monoisotopic (exact) mass is 247 g/mol. The van der Waals surface area contributed by atoms with Crippen molar-refractivity contribution in [2.75, 3.05) is 13.6 Å². The standard InChI is InChI=1S/C16H25NO/c1-12-7-6-8-13(2)16(12)18-15-10-5-4-9-14(15)11-17-3/h6-8,14-15,17H,4-5,9-11H2,1-3H3. The Morgan fingerprint density at radius 3 is 2.50 bits per heavy atom. The molecule has 2 unspecified atom stereocenters. The fourth-order valence-electron chi connectivity index (χ4n) is 2.96. The average Bonchev–Trinajstić information content (AvgIpc) is 2.36. The Balaban J connectivity index is 2.11. The third kappa shape index (κ3) is 3.05. The molecule has 100 valence electrons. The van der Waals surface area contributed by atoms with Crippen LogP contribution in [-0.4, -0.2) is 19.7 Å². The molecule has 0 amide bonds. The summed E-state index contributed by atoms with van der Waals surface area (Å²) in [6, 6.07) is 6.37. The van der Waals surface area contributed by atoms with E-state index in [1.54, 1.807) is 0 Å². The molecule has 1 N–H and O–H groups in total. The molecule has 0 heterocycles. The molecule has 0 saturated heterocycles. The molecule has 0 aromatic heterocycles. The maximum Gasteiger partial charge on any atom is 0.125 e. The summed E-state index contributed by atoms with van der Waals surface area (Å²) in [5, 5.41) is 3.30. The highest BCUT2D eigenvalue weighted by atomic mass is 16.5. The number of para-hydroxylation sites is 1. The first-order valence-corrected chi connectivity index (χ1v) is 7.10. The summed E-state index contributed by atoms with van der Waals surface area (Å²) in [6.07, 6.45) is 5.51. The van der Waals surface area contributed by atoms with Crippen LogP contribution in [0.3, 0.4) is 0 Å². The molecule has 2 heteroatoms. The summed E-state index contributed by atoms with van der Waals surface area (Å²) < 4.78 is 6.34. The van der Waals surface area contributed by atoms with E-state index in [-0.39, 0.29) is 0 Å². The maximum absolute atomic E-state index is 6.34. The van der Waals surface area contributed by atoms with E-state index in [1.807, 2.05) is 7.05 Å². The summed E-state index contributed by atoms with van der Waals surface area (Å²) in [5.74, 6) is 1.76. The first kappa shape index (κ1) is 13.4. The second-order valence-corrected chi connectivity index (χ2v) is 5.48. The van der Waals surface area contributed by atoms with Crippen LogP contribution in [0.4, 0.5) is 0 Å². The normalized spacial score (nSPS) is 23.9. The van der Waals surface area contributed by atoms with Gasteiger partial charge in [0.25, 0.3) is 0 Å². The molecule has 2 nitrogen and oxygen atoms in total. The van der Waals surface area contributed by atoms with E-state index in [0.717, 1.165) is 12.3 Å². The van der Waals surface area contributed by atoms with Gasteiger partial charge in [0, 0.05) is 12.5 Å². The van der Waals surface area contributed by atoms with Crippen LogP contribution in [0, 0.1) is 19.8 Å². The van der Waals surface area contributed by atoms with Gasteiger partial charge in [0.2, 0.25) is 0 Å². The molecule has 1 saturated carbocycles. The quantitative estimate of drug-likeness (QED) is 0.879. The van der Waals surface area contributed by atoms with Crippen molar-refractivity contribution in [1.82, 2.24) is 5.32 Å². The molecule has 18 heavy (non-hydrogen) atoms. The SMILES string of the molecule is CNCC1CCCCC1Oc1c(C)cccc1C. The van der Waals surface area contributed by atoms with E-state index >= 15 is 0 Å². The minimum absolute atomic E-state index is 0.381. The summed E-state index contributed by atoms with van der Waals surface area (Å²) in [4.78, 5) is 0. The highest BCUT2D eigenvalue weighted by Gasteiger charge is 2.26. The van der Waals surface area contributed by atoms with E-state index in [1.165, 1.54) is 36.8 Å². The van der Waals surface area contributed by atoms with E-state index < -0.39 is 0 Å². The molecular formula is C16H25NO. The van der Waals surface area contributed by atoms with Gasteiger partial charge in [-0.25, -0.2) is 0 Å². The van der Waals surface area contributed by atoms with E-state index in [9.17, 15) is 0 Å². The molecular weight excluding hydrogens is 222 g/mol. The van der Waals surface area contributed by atoms with Gasteiger partial charge in [-0.15, -0.1) is 0 Å². The topological polar surface area (TPSA) is 21.3 Å². The first-order valence-electron chi connectivity index (χ1n) is 7.10. The third-order valence-electron chi connectivity index (χ3n) is 3.98. The van der Waals surface area contributed by atoms with Gasteiger partial charge < -0.3 is 10.1 Å². The molecule has 1 aromatic carbocycles. The minimum atomic E-state index is 0.381. The van der Waals surface area contributed by atoms with Crippen molar-refractivity contribution in [3.05, 3.63) is 29.3 Å². The summed E-state index contributed by atoms with van der Waals surface area (Å²) in [6.45, 7) is 5.34. The summed E-state index contributed by atoms with van der Waals surface area (Å²) >= 11 is 0. The lowest BCUT2D eigenvalue weighted by molar-refractivity contribution is 0.0917. The number of hydrogen-bond acceptors (Lipinski definition) is 2. The molecule has 0 spiro atoms. The van der Waals surface area contributed by atoms with Crippen LogP contribution in [0.2, 0.25) is 0 Å². The number of aryl methyl sites for hydroxylation is 2. The van der Waals surface area contributed by atoms with Crippen molar-refractivity contribution in [3.63, 3.8) is 0 Å². The smallest absolute Gasteiger partial charge is 0.125 e. The Hall–Kier alpha value is -1.02. The van der Waals surface area contributed by atoms with Crippen molar-refractivity contribution >= 4 is 0 Å².